The summed E-state index contributed by atoms with van der Waals surface area (Å²) in [6.07, 6.45) is 1.54. The highest BCUT2D eigenvalue weighted by Crippen LogP contribution is 2.27. The molecule has 0 unspecified atom stereocenters. The highest BCUT2D eigenvalue weighted by molar-refractivity contribution is 6.28. The summed E-state index contributed by atoms with van der Waals surface area (Å²) in [6, 6.07) is 0. The Morgan fingerprint density at radius 3 is 2.71 bits per heavy atom. The first-order valence-electron chi connectivity index (χ1n) is 5.15. The van der Waals surface area contributed by atoms with Crippen molar-refractivity contribution in [1.82, 2.24) is 19.9 Å². The number of nitrogens with one attached hydrogen (secondary N) is 2. The zero-order valence-corrected chi connectivity index (χ0v) is 11.3. The number of aromatic amines is 1. The number of nitrogens with zero attached hydrogens (tertiary/aromatic N) is 3. The molecule has 0 bridgehead atoms. The number of hydrogen-bond acceptors (Lipinski definition) is 4. The predicted octanol–water partition coefficient (Wildman–Crippen LogP) is 3.03. The largest absolute Gasteiger partial charge is 0.352 e. The molecule has 0 amide bonds. The molecule has 0 saturated carbocycles. The topological polar surface area (TPSA) is 66.5 Å². The van der Waals surface area contributed by atoms with E-state index in [1.807, 2.05) is 20.8 Å². The minimum atomic E-state index is -0.278. The number of rotatable bonds is 2. The number of H-pyrrole nitrogens is 1. The fourth-order valence-corrected chi connectivity index (χ4v) is 1.52. The summed E-state index contributed by atoms with van der Waals surface area (Å²) in [4.78, 5) is 15.1. The molecule has 0 radical (unpaired) electrons. The van der Waals surface area contributed by atoms with E-state index in [0.29, 0.717) is 17.0 Å². The monoisotopic (exact) mass is 273 g/mol. The molecule has 2 aromatic rings. The lowest BCUT2D eigenvalue weighted by molar-refractivity contribution is 0.411. The number of hydrogen-bond donors (Lipinski definition) is 2. The molecule has 0 fully saturated rings. The molecule has 0 spiro atoms. The van der Waals surface area contributed by atoms with Crippen LogP contribution in [0.1, 0.15) is 20.8 Å². The van der Waals surface area contributed by atoms with Crippen molar-refractivity contribution in [3.8, 4) is 0 Å². The van der Waals surface area contributed by atoms with Crippen LogP contribution in [-0.4, -0.2) is 25.4 Å². The van der Waals surface area contributed by atoms with Gasteiger partial charge < -0.3 is 10.3 Å². The van der Waals surface area contributed by atoms with Crippen LogP contribution in [0.25, 0.3) is 11.2 Å². The summed E-state index contributed by atoms with van der Waals surface area (Å²) in [5, 5.41) is 3.25. The number of aromatic nitrogens is 4. The van der Waals surface area contributed by atoms with Gasteiger partial charge in [0, 0.05) is 0 Å². The van der Waals surface area contributed by atoms with Crippen LogP contribution in [-0.2, 0) is 0 Å². The summed E-state index contributed by atoms with van der Waals surface area (Å²) in [5.74, 6) is 0.562. The second kappa shape index (κ2) is 4.31. The zero-order chi connectivity index (χ0) is 12.6. The van der Waals surface area contributed by atoms with Gasteiger partial charge in [-0.25, -0.2) is 4.98 Å². The molecule has 92 valence electrons. The van der Waals surface area contributed by atoms with E-state index in [1.54, 1.807) is 6.33 Å². The van der Waals surface area contributed by atoms with Crippen LogP contribution in [0.2, 0.25) is 5.28 Å². The Morgan fingerprint density at radius 2 is 2.06 bits per heavy atom. The van der Waals surface area contributed by atoms with Crippen LogP contribution in [0.5, 0.6) is 0 Å². The van der Waals surface area contributed by atoms with Crippen molar-refractivity contribution in [3.63, 3.8) is 0 Å². The molecule has 1 atom stereocenters. The SMILES string of the molecule is CC(C)(C)[C@@H](Cl)Nc1nc(Cl)nc2nc[nH]c12. The van der Waals surface area contributed by atoms with Crippen LogP contribution in [0, 0.1) is 5.41 Å². The Bertz CT molecular complexity index is 531. The molecule has 0 aliphatic carbocycles. The molecule has 7 heteroatoms. The van der Waals surface area contributed by atoms with Crippen molar-refractivity contribution in [2.45, 2.75) is 26.3 Å². The second-order valence-electron chi connectivity index (χ2n) is 4.82. The standard InChI is InChI=1S/C10H13Cl2N5/c1-10(2,3)8(11)15-7-5-6(14-4-13-5)16-9(12)17-7/h4,8H,1-3H3,(H2,13,14,15,16,17)/t8-/m0/s1. The number of imidazole rings is 1. The molecule has 0 aromatic carbocycles. The number of anilines is 1. The van der Waals surface area contributed by atoms with Crippen LogP contribution in [0.4, 0.5) is 5.82 Å². The minimum absolute atomic E-state index is 0.106. The smallest absolute Gasteiger partial charge is 0.226 e. The fourth-order valence-electron chi connectivity index (χ4n) is 1.25. The van der Waals surface area contributed by atoms with E-state index in [4.69, 9.17) is 23.2 Å². The predicted molar refractivity (Wildman–Crippen MR) is 69.4 cm³/mol. The molecule has 2 heterocycles. The fraction of sp³-hybridized carbons (Fsp3) is 0.500. The molecular weight excluding hydrogens is 261 g/mol. The van der Waals surface area contributed by atoms with Crippen molar-refractivity contribution in [3.05, 3.63) is 11.6 Å². The maximum absolute atomic E-state index is 6.26. The lowest BCUT2D eigenvalue weighted by Crippen LogP contribution is -2.29. The second-order valence-corrected chi connectivity index (χ2v) is 5.59. The summed E-state index contributed by atoms with van der Waals surface area (Å²) in [6.45, 7) is 6.10. The maximum atomic E-state index is 6.26. The molecule has 17 heavy (non-hydrogen) atoms. The van der Waals surface area contributed by atoms with E-state index in [0.717, 1.165) is 0 Å². The van der Waals surface area contributed by atoms with E-state index in [-0.39, 0.29) is 16.2 Å². The number of fused-ring (bicyclic) bond motifs is 1. The van der Waals surface area contributed by atoms with Crippen LogP contribution in [0.15, 0.2) is 6.33 Å². The molecule has 0 aliphatic heterocycles. The van der Waals surface area contributed by atoms with E-state index in [1.165, 1.54) is 0 Å². The van der Waals surface area contributed by atoms with Gasteiger partial charge >= 0.3 is 0 Å². The van der Waals surface area contributed by atoms with Gasteiger partial charge in [-0.1, -0.05) is 32.4 Å². The van der Waals surface area contributed by atoms with Gasteiger partial charge in [0.1, 0.15) is 11.0 Å². The van der Waals surface area contributed by atoms with Gasteiger partial charge in [-0.15, -0.1) is 0 Å². The minimum Gasteiger partial charge on any atom is -0.352 e. The van der Waals surface area contributed by atoms with Gasteiger partial charge in [-0.05, 0) is 17.0 Å². The average Bonchev–Trinajstić information content (AvgIpc) is 2.63. The number of halogens is 2. The van der Waals surface area contributed by atoms with E-state index < -0.39 is 0 Å². The number of alkyl halides is 1. The first-order valence-corrected chi connectivity index (χ1v) is 5.96. The summed E-state index contributed by atoms with van der Waals surface area (Å²) in [7, 11) is 0. The maximum Gasteiger partial charge on any atom is 0.226 e. The molecule has 2 aromatic heterocycles. The van der Waals surface area contributed by atoms with Crippen LogP contribution in [0.3, 0.4) is 0 Å². The van der Waals surface area contributed by atoms with Gasteiger partial charge in [0.05, 0.1) is 6.33 Å². The van der Waals surface area contributed by atoms with Crippen molar-refractivity contribution >= 4 is 40.2 Å². The zero-order valence-electron chi connectivity index (χ0n) is 9.75. The molecule has 0 saturated heterocycles. The van der Waals surface area contributed by atoms with Crippen molar-refractivity contribution < 1.29 is 0 Å². The highest BCUT2D eigenvalue weighted by atomic mass is 35.5. The Hall–Kier alpha value is -1.07. The van der Waals surface area contributed by atoms with Crippen LogP contribution < -0.4 is 5.32 Å². The van der Waals surface area contributed by atoms with Crippen molar-refractivity contribution in [2.24, 2.45) is 5.41 Å². The third kappa shape index (κ3) is 2.61. The van der Waals surface area contributed by atoms with Gasteiger partial charge in [0.2, 0.25) is 5.28 Å². The third-order valence-electron chi connectivity index (χ3n) is 2.28. The van der Waals surface area contributed by atoms with Gasteiger partial charge in [0.15, 0.2) is 11.5 Å². The van der Waals surface area contributed by atoms with Crippen molar-refractivity contribution in [2.75, 3.05) is 5.32 Å². The molecule has 2 rings (SSSR count). The third-order valence-corrected chi connectivity index (χ3v) is 3.21. The Morgan fingerprint density at radius 1 is 1.35 bits per heavy atom. The normalized spacial score (nSPS) is 13.9. The summed E-state index contributed by atoms with van der Waals surface area (Å²) < 4.78 is 0. The van der Waals surface area contributed by atoms with Crippen LogP contribution >= 0.6 is 23.2 Å². The lowest BCUT2D eigenvalue weighted by Gasteiger charge is -2.26. The first-order chi connectivity index (χ1) is 7.88. The molecular formula is C10H13Cl2N5. The average molecular weight is 274 g/mol. The molecule has 0 aliphatic rings. The Balaban J connectivity index is 2.38. The van der Waals surface area contributed by atoms with Gasteiger partial charge in [-0.2, -0.15) is 9.97 Å². The van der Waals surface area contributed by atoms with E-state index >= 15 is 0 Å². The summed E-state index contributed by atoms with van der Waals surface area (Å²) >= 11 is 12.1. The Kier molecular flexibility index (Phi) is 3.14. The van der Waals surface area contributed by atoms with E-state index in [9.17, 15) is 0 Å². The van der Waals surface area contributed by atoms with Crippen molar-refractivity contribution in [1.29, 1.82) is 0 Å². The molecule has 2 N–H and O–H groups in total. The molecule has 5 nitrogen and oxygen atoms in total. The van der Waals surface area contributed by atoms with Gasteiger partial charge in [0.25, 0.3) is 0 Å². The highest BCUT2D eigenvalue weighted by Gasteiger charge is 2.23. The van der Waals surface area contributed by atoms with E-state index in [2.05, 4.69) is 25.3 Å². The summed E-state index contributed by atoms with van der Waals surface area (Å²) in [5.41, 5.74) is 0.834. The van der Waals surface area contributed by atoms with Gasteiger partial charge in [-0.3, -0.25) is 0 Å². The first kappa shape index (κ1) is 12.4. The quantitative estimate of drug-likeness (QED) is 0.502. The Labute approximate surface area is 109 Å². The lowest BCUT2D eigenvalue weighted by atomic mass is 9.96.